The predicted molar refractivity (Wildman–Crippen MR) is 123 cm³/mol. The van der Waals surface area contributed by atoms with Crippen molar-refractivity contribution in [3.8, 4) is 5.75 Å². The number of hydrogen-bond donors (Lipinski definition) is 1. The lowest BCUT2D eigenvalue weighted by Gasteiger charge is -2.37. The first kappa shape index (κ1) is 22.0. The Morgan fingerprint density at radius 3 is 2.09 bits per heavy atom. The minimum Gasteiger partial charge on any atom is -0.489 e. The highest BCUT2D eigenvalue weighted by Gasteiger charge is 2.30. The number of aliphatic hydroxyl groups excluding tert-OH is 1. The van der Waals surface area contributed by atoms with Gasteiger partial charge in [0, 0.05) is 38.9 Å². The number of ether oxygens (including phenoxy) is 1. The smallest absolute Gasteiger partial charge is 0.234 e. The van der Waals surface area contributed by atoms with Gasteiger partial charge < -0.3 is 14.7 Å². The number of carbonyl (C=O) groups excluding carboxylic acids is 1. The van der Waals surface area contributed by atoms with Gasteiger partial charge in [0.1, 0.15) is 18.5 Å². The van der Waals surface area contributed by atoms with E-state index >= 15 is 0 Å². The van der Waals surface area contributed by atoms with E-state index < -0.39 is 6.10 Å². The molecule has 0 radical (unpaired) electrons. The molecule has 6 nitrogen and oxygen atoms in total. The van der Waals surface area contributed by atoms with Crippen LogP contribution in [-0.4, -0.2) is 71.2 Å². The van der Waals surface area contributed by atoms with Gasteiger partial charge in [-0.1, -0.05) is 60.7 Å². The van der Waals surface area contributed by atoms with Gasteiger partial charge in [-0.25, -0.2) is 0 Å². The van der Waals surface area contributed by atoms with Gasteiger partial charge in [-0.15, -0.1) is 0 Å². The van der Waals surface area contributed by atoms with Crippen molar-refractivity contribution in [1.82, 2.24) is 14.8 Å². The zero-order valence-electron chi connectivity index (χ0n) is 18.1. The van der Waals surface area contributed by atoms with Crippen molar-refractivity contribution in [2.45, 2.75) is 12.0 Å². The maximum atomic E-state index is 13.5. The number of aliphatic hydroxyl groups is 1. The van der Waals surface area contributed by atoms with E-state index in [0.717, 1.165) is 24.2 Å². The van der Waals surface area contributed by atoms with Crippen LogP contribution in [-0.2, 0) is 4.79 Å². The fourth-order valence-electron chi connectivity index (χ4n) is 4.08. The second-order valence-corrected chi connectivity index (χ2v) is 8.03. The number of pyridine rings is 1. The number of aromatic nitrogens is 1. The highest BCUT2D eigenvalue weighted by atomic mass is 16.5. The average molecular weight is 432 g/mol. The van der Waals surface area contributed by atoms with Crippen LogP contribution in [0.1, 0.15) is 17.0 Å². The van der Waals surface area contributed by atoms with E-state index in [0.29, 0.717) is 25.4 Å². The van der Waals surface area contributed by atoms with Crippen LogP contribution in [0.3, 0.4) is 0 Å². The van der Waals surface area contributed by atoms with Crippen molar-refractivity contribution >= 4 is 5.91 Å². The lowest BCUT2D eigenvalue weighted by atomic mass is 9.90. The number of β-amino-alcohol motifs (C(OH)–C–C–N with tert-alkyl or cyclic N) is 1. The Morgan fingerprint density at radius 2 is 1.53 bits per heavy atom. The molecule has 0 aliphatic carbocycles. The van der Waals surface area contributed by atoms with Crippen LogP contribution in [0.2, 0.25) is 0 Å². The molecule has 1 fully saturated rings. The quantitative estimate of drug-likeness (QED) is 0.594. The van der Waals surface area contributed by atoms with Crippen molar-refractivity contribution in [2.75, 3.05) is 39.3 Å². The number of benzene rings is 2. The molecule has 3 aromatic rings. The molecule has 1 atom stereocenters. The molecule has 32 heavy (non-hydrogen) atoms. The Hall–Kier alpha value is -3.22. The number of amides is 1. The van der Waals surface area contributed by atoms with E-state index in [1.807, 2.05) is 71.6 Å². The lowest BCUT2D eigenvalue weighted by molar-refractivity contribution is -0.133. The molecule has 1 amide bonds. The van der Waals surface area contributed by atoms with Gasteiger partial charge in [0.2, 0.25) is 5.91 Å². The molecule has 1 saturated heterocycles. The summed E-state index contributed by atoms with van der Waals surface area (Å²) in [6, 6.07) is 23.5. The van der Waals surface area contributed by atoms with Gasteiger partial charge in [-0.3, -0.25) is 14.7 Å². The van der Waals surface area contributed by atoms with Crippen molar-refractivity contribution in [1.29, 1.82) is 0 Å². The second kappa shape index (κ2) is 10.9. The van der Waals surface area contributed by atoms with Crippen LogP contribution in [0.4, 0.5) is 0 Å². The van der Waals surface area contributed by atoms with Crippen LogP contribution < -0.4 is 4.74 Å². The molecule has 1 N–H and O–H groups in total. The third-order valence-electron chi connectivity index (χ3n) is 5.74. The largest absolute Gasteiger partial charge is 0.489 e. The molecular weight excluding hydrogens is 402 g/mol. The van der Waals surface area contributed by atoms with E-state index in [4.69, 9.17) is 4.74 Å². The first-order valence-corrected chi connectivity index (χ1v) is 11.0. The monoisotopic (exact) mass is 431 g/mol. The number of rotatable bonds is 8. The maximum Gasteiger partial charge on any atom is 0.234 e. The highest BCUT2D eigenvalue weighted by Crippen LogP contribution is 2.27. The molecular formula is C26H29N3O3. The molecule has 1 unspecified atom stereocenters. The van der Waals surface area contributed by atoms with Crippen LogP contribution in [0.5, 0.6) is 5.75 Å². The van der Waals surface area contributed by atoms with Gasteiger partial charge in [-0.05, 0) is 23.3 Å². The second-order valence-electron chi connectivity index (χ2n) is 8.03. The minimum absolute atomic E-state index is 0.127. The maximum absolute atomic E-state index is 13.5. The molecule has 1 aliphatic heterocycles. The predicted octanol–water partition coefficient (Wildman–Crippen LogP) is 2.80. The fourth-order valence-corrected chi connectivity index (χ4v) is 4.08. The zero-order valence-corrected chi connectivity index (χ0v) is 18.1. The summed E-state index contributed by atoms with van der Waals surface area (Å²) in [5, 5.41) is 10.4. The van der Waals surface area contributed by atoms with Crippen molar-refractivity contribution in [3.05, 3.63) is 96.3 Å². The lowest BCUT2D eigenvalue weighted by Crippen LogP contribution is -2.52. The zero-order chi connectivity index (χ0) is 22.2. The standard InChI is InChI=1S/C26H29N3O3/c30-23(20-32-24-12-7-13-27-18-24)19-28-14-16-29(17-15-28)26(31)25(21-8-3-1-4-9-21)22-10-5-2-6-11-22/h1-13,18,23,25,30H,14-17,19-20H2. The van der Waals surface area contributed by atoms with Crippen molar-refractivity contribution in [3.63, 3.8) is 0 Å². The first-order chi connectivity index (χ1) is 15.7. The Kier molecular flexibility index (Phi) is 7.48. The van der Waals surface area contributed by atoms with E-state index in [1.165, 1.54) is 0 Å². The first-order valence-electron chi connectivity index (χ1n) is 11.0. The van der Waals surface area contributed by atoms with Crippen LogP contribution in [0.15, 0.2) is 85.2 Å². The molecule has 2 heterocycles. The van der Waals surface area contributed by atoms with Gasteiger partial charge in [0.05, 0.1) is 12.1 Å². The SMILES string of the molecule is O=C(C(c1ccccc1)c1ccccc1)N1CCN(CC(O)COc2cccnc2)CC1. The summed E-state index contributed by atoms with van der Waals surface area (Å²) in [7, 11) is 0. The number of hydrogen-bond acceptors (Lipinski definition) is 5. The molecule has 1 aliphatic rings. The summed E-state index contributed by atoms with van der Waals surface area (Å²) in [5.74, 6) is 0.472. The molecule has 1 aromatic heterocycles. The Labute approximate surface area is 189 Å². The van der Waals surface area contributed by atoms with Gasteiger partial charge >= 0.3 is 0 Å². The van der Waals surface area contributed by atoms with E-state index in [9.17, 15) is 9.90 Å². The van der Waals surface area contributed by atoms with Crippen LogP contribution >= 0.6 is 0 Å². The molecule has 166 valence electrons. The van der Waals surface area contributed by atoms with Gasteiger partial charge in [0.15, 0.2) is 0 Å². The minimum atomic E-state index is -0.598. The molecule has 4 rings (SSSR count). The average Bonchev–Trinajstić information content (AvgIpc) is 2.85. The Morgan fingerprint density at radius 1 is 0.906 bits per heavy atom. The normalized spacial score (nSPS) is 15.5. The summed E-state index contributed by atoms with van der Waals surface area (Å²) < 4.78 is 5.59. The number of carbonyl (C=O) groups is 1. The van der Waals surface area contributed by atoms with Gasteiger partial charge in [0.25, 0.3) is 0 Å². The molecule has 6 heteroatoms. The number of piperazine rings is 1. The summed E-state index contributed by atoms with van der Waals surface area (Å²) in [6.45, 7) is 3.48. The Balaban J connectivity index is 1.33. The van der Waals surface area contributed by atoms with Crippen LogP contribution in [0, 0.1) is 0 Å². The van der Waals surface area contributed by atoms with E-state index in [1.54, 1.807) is 18.5 Å². The number of nitrogens with zero attached hydrogens (tertiary/aromatic N) is 3. The molecule has 0 saturated carbocycles. The molecule has 0 spiro atoms. The summed E-state index contributed by atoms with van der Waals surface area (Å²) >= 11 is 0. The summed E-state index contributed by atoms with van der Waals surface area (Å²) in [4.78, 5) is 21.7. The third kappa shape index (κ3) is 5.72. The fraction of sp³-hybridized carbons (Fsp3) is 0.308. The van der Waals surface area contributed by atoms with E-state index in [2.05, 4.69) is 9.88 Å². The van der Waals surface area contributed by atoms with Gasteiger partial charge in [-0.2, -0.15) is 0 Å². The molecule has 2 aromatic carbocycles. The topological polar surface area (TPSA) is 65.9 Å². The van der Waals surface area contributed by atoms with Crippen molar-refractivity contribution in [2.24, 2.45) is 0 Å². The summed E-state index contributed by atoms with van der Waals surface area (Å²) in [6.07, 6.45) is 2.72. The summed E-state index contributed by atoms with van der Waals surface area (Å²) in [5.41, 5.74) is 2.02. The highest BCUT2D eigenvalue weighted by molar-refractivity contribution is 5.87. The van der Waals surface area contributed by atoms with Crippen molar-refractivity contribution < 1.29 is 14.6 Å². The van der Waals surface area contributed by atoms with Crippen LogP contribution in [0.25, 0.3) is 0 Å². The molecule has 0 bridgehead atoms. The third-order valence-corrected chi connectivity index (χ3v) is 5.74. The Bertz CT molecular complexity index is 922. The van der Waals surface area contributed by atoms with E-state index in [-0.39, 0.29) is 18.4 Å².